The summed E-state index contributed by atoms with van der Waals surface area (Å²) in [6.07, 6.45) is 1.28. The van der Waals surface area contributed by atoms with Gasteiger partial charge in [0.2, 0.25) is 0 Å². The monoisotopic (exact) mass is 345 g/mol. The van der Waals surface area contributed by atoms with Crippen molar-refractivity contribution in [3.05, 3.63) is 64.6 Å². The van der Waals surface area contributed by atoms with Gasteiger partial charge in [0.1, 0.15) is 11.9 Å². The predicted octanol–water partition coefficient (Wildman–Crippen LogP) is 4.32. The van der Waals surface area contributed by atoms with Crippen molar-refractivity contribution in [2.75, 3.05) is 20.1 Å². The van der Waals surface area contributed by atoms with Crippen LogP contribution in [0.4, 0.5) is 0 Å². The molecule has 1 saturated heterocycles. The van der Waals surface area contributed by atoms with Crippen molar-refractivity contribution in [1.29, 1.82) is 0 Å². The lowest BCUT2D eigenvalue weighted by molar-refractivity contribution is 0.0896. The largest absolute Gasteiger partial charge is 0.489 e. The highest BCUT2D eigenvalue weighted by molar-refractivity contribution is 9.10. The third kappa shape index (κ3) is 3.47. The van der Waals surface area contributed by atoms with Crippen LogP contribution < -0.4 is 4.74 Å². The molecule has 3 rings (SSSR count). The zero-order valence-electron chi connectivity index (χ0n) is 12.2. The van der Waals surface area contributed by atoms with Gasteiger partial charge < -0.3 is 9.64 Å². The second-order valence-electron chi connectivity index (χ2n) is 5.65. The highest BCUT2D eigenvalue weighted by Crippen LogP contribution is 2.33. The fourth-order valence-electron chi connectivity index (χ4n) is 2.96. The van der Waals surface area contributed by atoms with Crippen molar-refractivity contribution in [3.8, 4) is 5.75 Å². The lowest BCUT2D eigenvalue weighted by atomic mass is 9.88. The zero-order valence-corrected chi connectivity index (χ0v) is 13.8. The lowest BCUT2D eigenvalue weighted by Crippen LogP contribution is -2.42. The second kappa shape index (κ2) is 6.63. The first-order valence-corrected chi connectivity index (χ1v) is 8.18. The Labute approximate surface area is 134 Å². The van der Waals surface area contributed by atoms with Gasteiger partial charge in [-0.1, -0.05) is 42.5 Å². The van der Waals surface area contributed by atoms with E-state index in [1.807, 2.05) is 24.3 Å². The molecule has 0 bridgehead atoms. The Hall–Kier alpha value is -1.32. The van der Waals surface area contributed by atoms with Gasteiger partial charge in [-0.25, -0.2) is 0 Å². The molecule has 21 heavy (non-hydrogen) atoms. The normalized spacial score (nSPS) is 23.0. The molecule has 110 valence electrons. The molecule has 0 aliphatic carbocycles. The molecule has 0 spiro atoms. The maximum Gasteiger partial charge on any atom is 0.133 e. The number of likely N-dealkylation sites (N-methyl/N-ethyl adjacent to an activating group) is 1. The SMILES string of the molecule is CN1CC[C@H](Oc2ccccc2Br)[C@H](c2ccccc2)C1. The zero-order chi connectivity index (χ0) is 14.7. The van der Waals surface area contributed by atoms with E-state index >= 15 is 0 Å². The van der Waals surface area contributed by atoms with Gasteiger partial charge in [0.25, 0.3) is 0 Å². The number of likely N-dealkylation sites (tertiary alicyclic amines) is 1. The molecule has 3 heteroatoms. The summed E-state index contributed by atoms with van der Waals surface area (Å²) < 4.78 is 7.35. The number of halogens is 1. The first-order valence-electron chi connectivity index (χ1n) is 7.39. The maximum atomic E-state index is 6.33. The predicted molar refractivity (Wildman–Crippen MR) is 89.9 cm³/mol. The van der Waals surface area contributed by atoms with Crippen molar-refractivity contribution in [2.45, 2.75) is 18.4 Å². The van der Waals surface area contributed by atoms with Crippen LogP contribution >= 0.6 is 15.9 Å². The second-order valence-corrected chi connectivity index (χ2v) is 6.51. The van der Waals surface area contributed by atoms with Gasteiger partial charge in [-0.3, -0.25) is 0 Å². The summed E-state index contributed by atoms with van der Waals surface area (Å²) in [7, 11) is 2.19. The molecule has 0 amide bonds. The molecule has 2 atom stereocenters. The van der Waals surface area contributed by atoms with Gasteiger partial charge >= 0.3 is 0 Å². The van der Waals surface area contributed by atoms with Crippen LogP contribution in [0.1, 0.15) is 17.9 Å². The fourth-order valence-corrected chi connectivity index (χ4v) is 3.34. The molecule has 2 aromatic carbocycles. The number of para-hydroxylation sites is 1. The van der Waals surface area contributed by atoms with Crippen LogP contribution in [-0.4, -0.2) is 31.1 Å². The third-order valence-electron chi connectivity index (χ3n) is 4.10. The summed E-state index contributed by atoms with van der Waals surface area (Å²) in [5.41, 5.74) is 1.36. The molecule has 1 aliphatic heterocycles. The third-order valence-corrected chi connectivity index (χ3v) is 4.75. The van der Waals surface area contributed by atoms with Gasteiger partial charge in [0.15, 0.2) is 0 Å². The van der Waals surface area contributed by atoms with Crippen LogP contribution in [-0.2, 0) is 0 Å². The van der Waals surface area contributed by atoms with E-state index in [2.05, 4.69) is 58.2 Å². The molecule has 1 aliphatic rings. The lowest BCUT2D eigenvalue weighted by Gasteiger charge is -2.37. The van der Waals surface area contributed by atoms with E-state index in [1.165, 1.54) is 5.56 Å². The first-order chi connectivity index (χ1) is 10.2. The molecule has 1 fully saturated rings. The van der Waals surface area contributed by atoms with Gasteiger partial charge in [0, 0.05) is 19.0 Å². The van der Waals surface area contributed by atoms with Crippen LogP contribution in [0, 0.1) is 0 Å². The Morgan fingerprint density at radius 2 is 1.76 bits per heavy atom. The average molecular weight is 346 g/mol. The average Bonchev–Trinajstić information content (AvgIpc) is 2.52. The number of hydrogen-bond acceptors (Lipinski definition) is 2. The molecule has 0 saturated carbocycles. The van der Waals surface area contributed by atoms with Gasteiger partial charge in [0.05, 0.1) is 4.47 Å². The Morgan fingerprint density at radius 1 is 1.05 bits per heavy atom. The van der Waals surface area contributed by atoms with Crippen molar-refractivity contribution in [3.63, 3.8) is 0 Å². The summed E-state index contributed by atoms with van der Waals surface area (Å²) in [5.74, 6) is 1.35. The minimum absolute atomic E-state index is 0.224. The molecular weight excluding hydrogens is 326 g/mol. The number of rotatable bonds is 3. The standard InChI is InChI=1S/C18H20BrNO/c1-20-12-11-17(21-18-10-6-5-9-16(18)19)15(13-20)14-7-3-2-4-8-14/h2-10,15,17H,11-13H2,1H3/t15-,17-/m0/s1. The van der Waals surface area contributed by atoms with E-state index < -0.39 is 0 Å². The Bertz CT molecular complexity index is 587. The topological polar surface area (TPSA) is 12.5 Å². The number of hydrogen-bond donors (Lipinski definition) is 0. The van der Waals surface area contributed by atoms with Gasteiger partial charge in [-0.15, -0.1) is 0 Å². The molecule has 0 radical (unpaired) electrons. The molecule has 2 nitrogen and oxygen atoms in total. The Morgan fingerprint density at radius 3 is 2.52 bits per heavy atom. The minimum atomic E-state index is 0.224. The molecule has 1 heterocycles. The smallest absolute Gasteiger partial charge is 0.133 e. The van der Waals surface area contributed by atoms with Crippen LogP contribution in [0.2, 0.25) is 0 Å². The van der Waals surface area contributed by atoms with Crippen LogP contribution in [0.15, 0.2) is 59.1 Å². The first kappa shape index (κ1) is 14.6. The summed E-state index contributed by atoms with van der Waals surface area (Å²) in [4.78, 5) is 2.39. The molecule has 2 aromatic rings. The van der Waals surface area contributed by atoms with Crippen LogP contribution in [0.25, 0.3) is 0 Å². The molecule has 0 N–H and O–H groups in total. The summed E-state index contributed by atoms with van der Waals surface area (Å²) >= 11 is 3.58. The van der Waals surface area contributed by atoms with Gasteiger partial charge in [-0.05, 0) is 47.1 Å². The van der Waals surface area contributed by atoms with E-state index in [-0.39, 0.29) is 6.10 Å². The van der Waals surface area contributed by atoms with Crippen molar-refractivity contribution in [2.24, 2.45) is 0 Å². The van der Waals surface area contributed by atoms with Crippen molar-refractivity contribution in [1.82, 2.24) is 4.90 Å². The molecular formula is C18H20BrNO. The summed E-state index contributed by atoms with van der Waals surface area (Å²) in [6, 6.07) is 18.8. The van der Waals surface area contributed by atoms with Crippen molar-refractivity contribution >= 4 is 15.9 Å². The Kier molecular flexibility index (Phi) is 4.61. The van der Waals surface area contributed by atoms with E-state index in [1.54, 1.807) is 0 Å². The maximum absolute atomic E-state index is 6.33. The van der Waals surface area contributed by atoms with E-state index in [0.29, 0.717) is 5.92 Å². The molecule has 0 aromatic heterocycles. The Balaban J connectivity index is 1.83. The fraction of sp³-hybridized carbons (Fsp3) is 0.333. The molecule has 0 unspecified atom stereocenters. The number of benzene rings is 2. The highest BCUT2D eigenvalue weighted by Gasteiger charge is 2.30. The van der Waals surface area contributed by atoms with E-state index in [0.717, 1.165) is 29.7 Å². The van der Waals surface area contributed by atoms with Crippen molar-refractivity contribution < 1.29 is 4.74 Å². The van der Waals surface area contributed by atoms with Gasteiger partial charge in [-0.2, -0.15) is 0 Å². The minimum Gasteiger partial charge on any atom is -0.489 e. The van der Waals surface area contributed by atoms with Crippen LogP contribution in [0.3, 0.4) is 0 Å². The number of nitrogens with zero attached hydrogens (tertiary/aromatic N) is 1. The summed E-state index contributed by atoms with van der Waals surface area (Å²) in [6.45, 7) is 2.12. The number of piperidine rings is 1. The highest BCUT2D eigenvalue weighted by atomic mass is 79.9. The quantitative estimate of drug-likeness (QED) is 0.821. The summed E-state index contributed by atoms with van der Waals surface area (Å²) in [5, 5.41) is 0. The van der Waals surface area contributed by atoms with Crippen LogP contribution in [0.5, 0.6) is 5.75 Å². The van der Waals surface area contributed by atoms with E-state index in [9.17, 15) is 0 Å². The van der Waals surface area contributed by atoms with E-state index in [4.69, 9.17) is 4.74 Å². The number of ether oxygens (including phenoxy) is 1.